The number of amides is 4. The SMILES string of the molecule is CCOC(=O)CCC(=O)N1CCC(N2C(=O)N=C3N=CC=CC3C2=O)CC1. The van der Waals surface area contributed by atoms with E-state index in [1.54, 1.807) is 24.0 Å². The molecule has 3 aliphatic heterocycles. The second kappa shape index (κ2) is 8.24. The zero-order valence-electron chi connectivity index (χ0n) is 15.2. The molecule has 3 aliphatic rings. The number of dihydropyridines is 1. The number of carbonyl (C=O) groups is 4. The minimum atomic E-state index is -0.614. The molecule has 1 saturated heterocycles. The van der Waals surface area contributed by atoms with Gasteiger partial charge in [0.05, 0.1) is 13.0 Å². The van der Waals surface area contributed by atoms with E-state index in [1.165, 1.54) is 11.1 Å². The lowest BCUT2D eigenvalue weighted by Crippen LogP contribution is -2.54. The highest BCUT2D eigenvalue weighted by Gasteiger charge is 2.41. The van der Waals surface area contributed by atoms with E-state index in [4.69, 9.17) is 4.74 Å². The largest absolute Gasteiger partial charge is 0.466 e. The Morgan fingerprint density at radius 1 is 1.22 bits per heavy atom. The predicted octanol–water partition coefficient (Wildman–Crippen LogP) is 0.938. The summed E-state index contributed by atoms with van der Waals surface area (Å²) in [6.07, 6.45) is 6.00. The number of carbonyl (C=O) groups excluding carboxylic acids is 4. The smallest absolute Gasteiger partial charge is 0.352 e. The van der Waals surface area contributed by atoms with Crippen molar-refractivity contribution in [1.29, 1.82) is 0 Å². The summed E-state index contributed by atoms with van der Waals surface area (Å²) in [5.41, 5.74) is 0. The van der Waals surface area contributed by atoms with Crippen LogP contribution >= 0.6 is 0 Å². The highest BCUT2D eigenvalue weighted by Crippen LogP contribution is 2.25. The van der Waals surface area contributed by atoms with Crippen molar-refractivity contribution in [2.45, 2.75) is 38.6 Å². The van der Waals surface area contributed by atoms with Crippen LogP contribution < -0.4 is 0 Å². The van der Waals surface area contributed by atoms with Crippen molar-refractivity contribution in [3.8, 4) is 0 Å². The molecule has 1 unspecified atom stereocenters. The van der Waals surface area contributed by atoms with Gasteiger partial charge in [0.1, 0.15) is 11.8 Å². The van der Waals surface area contributed by atoms with Gasteiger partial charge in [-0.05, 0) is 25.8 Å². The molecule has 1 fully saturated rings. The van der Waals surface area contributed by atoms with E-state index in [0.717, 1.165) is 0 Å². The molecule has 27 heavy (non-hydrogen) atoms. The summed E-state index contributed by atoms with van der Waals surface area (Å²) in [4.78, 5) is 59.4. The number of piperidine rings is 1. The molecule has 1 atom stereocenters. The second-order valence-corrected chi connectivity index (χ2v) is 6.52. The molecule has 9 nitrogen and oxygen atoms in total. The average Bonchev–Trinajstić information content (AvgIpc) is 2.67. The van der Waals surface area contributed by atoms with Crippen LogP contribution in [0.2, 0.25) is 0 Å². The van der Waals surface area contributed by atoms with Gasteiger partial charge in [0, 0.05) is 31.8 Å². The van der Waals surface area contributed by atoms with Crippen LogP contribution in [0.4, 0.5) is 4.79 Å². The summed E-state index contributed by atoms with van der Waals surface area (Å²) < 4.78 is 4.82. The summed E-state index contributed by atoms with van der Waals surface area (Å²) in [6.45, 7) is 2.87. The van der Waals surface area contributed by atoms with Gasteiger partial charge in [0.25, 0.3) is 0 Å². The number of likely N-dealkylation sites (tertiary alicyclic amines) is 1. The summed E-state index contributed by atoms with van der Waals surface area (Å²) in [5.74, 6) is -1.21. The first-order valence-electron chi connectivity index (χ1n) is 9.11. The minimum Gasteiger partial charge on any atom is -0.466 e. The Kier molecular flexibility index (Phi) is 5.78. The number of ether oxygens (including phenoxy) is 1. The summed E-state index contributed by atoms with van der Waals surface area (Å²) in [5, 5.41) is 0. The molecule has 3 rings (SSSR count). The van der Waals surface area contributed by atoms with Crippen LogP contribution in [0.25, 0.3) is 0 Å². The fourth-order valence-electron chi connectivity index (χ4n) is 3.44. The molecular formula is C18H22N4O5. The van der Waals surface area contributed by atoms with Crippen molar-refractivity contribution in [3.05, 3.63) is 12.2 Å². The normalized spacial score (nSPS) is 22.6. The van der Waals surface area contributed by atoms with Crippen LogP contribution in [-0.4, -0.2) is 71.4 Å². The Morgan fingerprint density at radius 3 is 2.67 bits per heavy atom. The summed E-state index contributed by atoms with van der Waals surface area (Å²) in [6, 6.07) is -0.880. The van der Waals surface area contributed by atoms with E-state index in [-0.39, 0.29) is 42.5 Å². The van der Waals surface area contributed by atoms with E-state index in [9.17, 15) is 19.2 Å². The lowest BCUT2D eigenvalue weighted by molar-refractivity contribution is -0.146. The zero-order valence-corrected chi connectivity index (χ0v) is 15.2. The van der Waals surface area contributed by atoms with Gasteiger partial charge < -0.3 is 9.64 Å². The summed E-state index contributed by atoms with van der Waals surface area (Å²) >= 11 is 0. The maximum absolute atomic E-state index is 12.7. The van der Waals surface area contributed by atoms with Crippen molar-refractivity contribution in [3.63, 3.8) is 0 Å². The average molecular weight is 374 g/mol. The van der Waals surface area contributed by atoms with Gasteiger partial charge in [0.15, 0.2) is 0 Å². The fraction of sp³-hybridized carbons (Fsp3) is 0.556. The number of hydrogen-bond donors (Lipinski definition) is 0. The number of esters is 1. The first-order chi connectivity index (χ1) is 13.0. The first-order valence-corrected chi connectivity index (χ1v) is 9.11. The number of rotatable bonds is 5. The molecule has 4 amide bonds. The number of amidine groups is 1. The Hall–Kier alpha value is -2.84. The molecule has 0 saturated carbocycles. The highest BCUT2D eigenvalue weighted by molar-refractivity contribution is 6.19. The van der Waals surface area contributed by atoms with Crippen LogP contribution in [0.5, 0.6) is 0 Å². The lowest BCUT2D eigenvalue weighted by Gasteiger charge is -2.39. The maximum atomic E-state index is 12.7. The van der Waals surface area contributed by atoms with E-state index in [1.807, 2.05) is 0 Å². The Labute approximate surface area is 156 Å². The van der Waals surface area contributed by atoms with Gasteiger partial charge in [0.2, 0.25) is 11.8 Å². The van der Waals surface area contributed by atoms with Crippen LogP contribution in [0.15, 0.2) is 22.1 Å². The molecule has 0 N–H and O–H groups in total. The maximum Gasteiger partial charge on any atom is 0.352 e. The number of hydrogen-bond acceptors (Lipinski definition) is 6. The summed E-state index contributed by atoms with van der Waals surface area (Å²) in [7, 11) is 0. The van der Waals surface area contributed by atoms with E-state index >= 15 is 0 Å². The van der Waals surface area contributed by atoms with E-state index in [0.29, 0.717) is 32.5 Å². The van der Waals surface area contributed by atoms with Crippen molar-refractivity contribution in [2.75, 3.05) is 19.7 Å². The molecule has 0 aromatic carbocycles. The van der Waals surface area contributed by atoms with Crippen LogP contribution in [0.1, 0.15) is 32.6 Å². The third-order valence-corrected chi connectivity index (χ3v) is 4.83. The third kappa shape index (κ3) is 4.12. The van der Waals surface area contributed by atoms with Gasteiger partial charge in [-0.3, -0.25) is 19.3 Å². The number of urea groups is 1. The standard InChI is InChI=1S/C18H22N4O5/c1-2-27-15(24)6-5-14(23)21-10-7-12(8-11-21)22-17(25)13-4-3-9-19-16(13)20-18(22)26/h3-4,9,12-13H,2,5-8,10-11H2,1H3. The Balaban J connectivity index is 1.55. The van der Waals surface area contributed by atoms with Gasteiger partial charge in [-0.1, -0.05) is 6.08 Å². The van der Waals surface area contributed by atoms with Crippen molar-refractivity contribution < 1.29 is 23.9 Å². The monoisotopic (exact) mass is 374 g/mol. The number of imide groups is 1. The third-order valence-electron chi connectivity index (χ3n) is 4.83. The van der Waals surface area contributed by atoms with E-state index in [2.05, 4.69) is 9.98 Å². The molecule has 0 radical (unpaired) electrons. The van der Waals surface area contributed by atoms with Crippen LogP contribution in [-0.2, 0) is 19.1 Å². The molecule has 3 heterocycles. The molecule has 9 heteroatoms. The lowest BCUT2D eigenvalue weighted by atomic mass is 9.97. The van der Waals surface area contributed by atoms with E-state index < -0.39 is 11.9 Å². The molecule has 0 bridgehead atoms. The molecule has 0 aromatic heterocycles. The topological polar surface area (TPSA) is 109 Å². The van der Waals surface area contributed by atoms with Crippen LogP contribution in [0.3, 0.4) is 0 Å². The van der Waals surface area contributed by atoms with Crippen LogP contribution in [0, 0.1) is 5.92 Å². The van der Waals surface area contributed by atoms with Gasteiger partial charge in [-0.2, -0.15) is 4.99 Å². The molecule has 0 spiro atoms. The van der Waals surface area contributed by atoms with Crippen molar-refractivity contribution >= 4 is 35.9 Å². The van der Waals surface area contributed by atoms with Crippen molar-refractivity contribution in [2.24, 2.45) is 15.9 Å². The van der Waals surface area contributed by atoms with Gasteiger partial charge in [-0.25, -0.2) is 9.79 Å². The minimum absolute atomic E-state index is 0.0573. The quantitative estimate of drug-likeness (QED) is 0.665. The molecular weight excluding hydrogens is 352 g/mol. The molecule has 144 valence electrons. The Bertz CT molecular complexity index is 734. The fourth-order valence-corrected chi connectivity index (χ4v) is 3.44. The highest BCUT2D eigenvalue weighted by atomic mass is 16.5. The number of aliphatic imine (C=N–C) groups is 2. The number of nitrogens with zero attached hydrogens (tertiary/aromatic N) is 4. The molecule has 0 aliphatic carbocycles. The first kappa shape index (κ1) is 18.9. The van der Waals surface area contributed by atoms with Gasteiger partial charge in [-0.15, -0.1) is 0 Å². The molecule has 0 aromatic rings. The zero-order chi connectivity index (χ0) is 19.4. The van der Waals surface area contributed by atoms with Crippen molar-refractivity contribution in [1.82, 2.24) is 9.80 Å². The number of allylic oxidation sites excluding steroid dienone is 1. The number of fused-ring (bicyclic) bond motifs is 1. The second-order valence-electron chi connectivity index (χ2n) is 6.52. The Morgan fingerprint density at radius 2 is 1.96 bits per heavy atom. The van der Waals surface area contributed by atoms with Gasteiger partial charge >= 0.3 is 12.0 Å². The predicted molar refractivity (Wildman–Crippen MR) is 96.3 cm³/mol.